The number of esters is 1. The molecule has 1 aromatic heterocycles. The van der Waals surface area contributed by atoms with E-state index in [1.807, 2.05) is 114 Å². The molecule has 1 aliphatic heterocycles. The van der Waals surface area contributed by atoms with Crippen LogP contribution in [0.3, 0.4) is 0 Å². The van der Waals surface area contributed by atoms with Crippen LogP contribution in [0.15, 0.2) is 97.2 Å². The number of ether oxygens (including phenoxy) is 1. The Morgan fingerprint density at radius 3 is 2.04 bits per heavy atom. The third-order valence-corrected chi connectivity index (χ3v) is 15.4. The molecule has 410 valence electrons. The number of primary amides is 1. The topological polar surface area (TPSA) is 217 Å². The average Bonchev–Trinajstić information content (AvgIpc) is 3.72. The van der Waals surface area contributed by atoms with Crippen LogP contribution in [-0.4, -0.2) is 93.0 Å². The second-order valence-electron chi connectivity index (χ2n) is 23.2. The summed E-state index contributed by atoms with van der Waals surface area (Å²) in [4.78, 5) is 85.2. The van der Waals surface area contributed by atoms with Gasteiger partial charge in [0, 0.05) is 44.3 Å². The van der Waals surface area contributed by atoms with Gasteiger partial charge in [-0.3, -0.25) is 33.3 Å². The normalized spacial score (nSPS) is 14.9. The summed E-state index contributed by atoms with van der Waals surface area (Å²) in [5.41, 5.74) is 6.20. The molecule has 0 aliphatic carbocycles. The van der Waals surface area contributed by atoms with Crippen molar-refractivity contribution in [2.75, 3.05) is 19.6 Å². The van der Waals surface area contributed by atoms with Crippen LogP contribution in [-0.2, 0) is 72.7 Å². The number of carbonyl (C=O) groups excluding carboxylic acids is 6. The maximum atomic E-state index is 14.9. The highest BCUT2D eigenvalue weighted by Gasteiger charge is 2.46. The lowest BCUT2D eigenvalue weighted by Crippen LogP contribution is -2.66. The fraction of sp³-hybridized carbons (Fsp3) is 0.492. The molecule has 0 radical (unpaired) electrons. The fourth-order valence-corrected chi connectivity index (χ4v) is 12.1. The van der Waals surface area contributed by atoms with Gasteiger partial charge in [-0.05, 0) is 152 Å². The van der Waals surface area contributed by atoms with E-state index in [0.717, 1.165) is 32.8 Å². The Labute approximate surface area is 448 Å². The Balaban J connectivity index is 1.23. The molecule has 5 amide bonds. The molecule has 16 nitrogen and oxygen atoms in total. The number of nitrogens with two attached hydrogens (primary N) is 1. The average molecular weight is 1060 g/mol. The van der Waals surface area contributed by atoms with Crippen molar-refractivity contribution in [2.45, 2.75) is 162 Å². The number of likely N-dealkylation sites (tertiary alicyclic amines) is 1. The number of aromatic nitrogens is 1. The Morgan fingerprint density at radius 2 is 1.39 bits per heavy atom. The molecule has 1 aliphatic rings. The minimum Gasteiger partial charge on any atom is -0.460 e. The summed E-state index contributed by atoms with van der Waals surface area (Å²) in [7, 11) is -3.65. The number of aryl methyl sites for hydroxylation is 3. The molecule has 1 saturated heterocycles. The number of carbonyl (C=O) groups is 6. The van der Waals surface area contributed by atoms with Gasteiger partial charge in [-0.1, -0.05) is 78.4 Å². The zero-order valence-corrected chi connectivity index (χ0v) is 47.0. The Hall–Kier alpha value is -6.35. The highest BCUT2D eigenvalue weighted by Crippen LogP contribution is 2.57. The van der Waals surface area contributed by atoms with E-state index in [1.54, 1.807) is 49.9 Å². The summed E-state index contributed by atoms with van der Waals surface area (Å²) >= 11 is 0. The van der Waals surface area contributed by atoms with E-state index in [2.05, 4.69) is 28.1 Å². The van der Waals surface area contributed by atoms with Crippen LogP contribution < -0.4 is 21.7 Å². The summed E-state index contributed by atoms with van der Waals surface area (Å²) in [6, 6.07) is 28.0. The van der Waals surface area contributed by atoms with Gasteiger partial charge in [-0.25, -0.2) is 0 Å². The maximum absolute atomic E-state index is 14.9. The molecule has 5 aromatic rings. The molecule has 6 rings (SSSR count). The van der Waals surface area contributed by atoms with Crippen molar-refractivity contribution in [1.82, 2.24) is 25.4 Å². The number of nitrogens with one attached hydrogen (secondary N) is 3. The van der Waals surface area contributed by atoms with Crippen molar-refractivity contribution in [3.05, 3.63) is 119 Å². The van der Waals surface area contributed by atoms with Crippen molar-refractivity contribution in [3.8, 4) is 0 Å². The molecule has 1 fully saturated rings. The summed E-state index contributed by atoms with van der Waals surface area (Å²) in [5, 5.41) is 11.9. The standard InChI is InChI=1S/C59H79N6O10P/c1-40-20-25-49-45(35-40)26-31-64(49)32-27-51(67)65-33-28-59(29-34-65,55(71)62-48(38-50(60)66)54(70)61-30-14-18-44-17-13-16-43-15-11-12-19-47(43)44)63-53(69)46(37-52(68)73-56(2,3)4)36-41-21-23-42(24-22-41)39-76(72,74-57(5,6)7)75-58(8,9)10/h11-13,15-17,19-26,31,35,46,48H,14,18,27-30,32-34,36-39H2,1-10H3,(H2,60,66)(H,61,70)(H,62,71)(H,63,69)/t46-,48+/m1/s1. The van der Waals surface area contributed by atoms with Crippen LogP contribution in [0, 0.1) is 12.8 Å². The number of piperidine rings is 1. The zero-order chi connectivity index (χ0) is 55.6. The van der Waals surface area contributed by atoms with Gasteiger partial charge in [0.15, 0.2) is 0 Å². The van der Waals surface area contributed by atoms with Crippen molar-refractivity contribution in [2.24, 2.45) is 11.7 Å². The molecule has 0 bridgehead atoms. The second kappa shape index (κ2) is 24.8. The van der Waals surface area contributed by atoms with Crippen LogP contribution in [0.1, 0.15) is 123 Å². The number of fused-ring (bicyclic) bond motifs is 2. The van der Waals surface area contributed by atoms with E-state index in [-0.39, 0.29) is 63.8 Å². The first-order chi connectivity index (χ1) is 35.6. The SMILES string of the molecule is Cc1ccc2c(ccn2CCC(=O)N2CCC(NC(=O)[C@@H](CC(=O)OC(C)(C)C)Cc3ccc(CP(=O)(OC(C)(C)C)OC(C)(C)C)cc3)(C(=O)N[C@@H](CC(N)=O)C(=O)NCCCc3cccc4ccccc34)CC2)c1. The molecular formula is C59H79N6O10P. The van der Waals surface area contributed by atoms with Crippen LogP contribution in [0.4, 0.5) is 0 Å². The highest BCUT2D eigenvalue weighted by atomic mass is 31.2. The summed E-state index contributed by atoms with van der Waals surface area (Å²) in [6.07, 6.45) is 2.46. The molecule has 76 heavy (non-hydrogen) atoms. The third kappa shape index (κ3) is 17.3. The Kier molecular flexibility index (Phi) is 19.2. The lowest BCUT2D eigenvalue weighted by Gasteiger charge is -2.42. The smallest absolute Gasteiger partial charge is 0.336 e. The van der Waals surface area contributed by atoms with Gasteiger partial charge in [-0.15, -0.1) is 0 Å². The van der Waals surface area contributed by atoms with Gasteiger partial charge in [0.2, 0.25) is 29.5 Å². The molecular weight excluding hydrogens is 984 g/mol. The molecule has 17 heteroatoms. The van der Waals surface area contributed by atoms with Crippen molar-refractivity contribution in [1.29, 1.82) is 0 Å². The van der Waals surface area contributed by atoms with Gasteiger partial charge in [0.05, 0.1) is 36.1 Å². The first-order valence-corrected chi connectivity index (χ1v) is 28.1. The molecule has 0 saturated carbocycles. The Bertz CT molecular complexity index is 2900. The van der Waals surface area contributed by atoms with E-state index in [9.17, 15) is 33.3 Å². The highest BCUT2D eigenvalue weighted by molar-refractivity contribution is 7.53. The lowest BCUT2D eigenvalue weighted by atomic mass is 9.84. The monoisotopic (exact) mass is 1060 g/mol. The summed E-state index contributed by atoms with van der Waals surface area (Å²) in [6.45, 7) is 18.9. The number of benzene rings is 4. The number of hydrogen-bond donors (Lipinski definition) is 4. The molecule has 0 spiro atoms. The maximum Gasteiger partial charge on any atom is 0.336 e. The fourth-order valence-electron chi connectivity index (χ4n) is 9.65. The van der Waals surface area contributed by atoms with Gasteiger partial charge >= 0.3 is 13.6 Å². The predicted molar refractivity (Wildman–Crippen MR) is 296 cm³/mol. The first-order valence-electron chi connectivity index (χ1n) is 26.4. The van der Waals surface area contributed by atoms with E-state index in [4.69, 9.17) is 19.5 Å². The van der Waals surface area contributed by atoms with E-state index < -0.39 is 77.9 Å². The minimum atomic E-state index is -3.65. The molecule has 0 unspecified atom stereocenters. The predicted octanol–water partition coefficient (Wildman–Crippen LogP) is 8.99. The zero-order valence-electron chi connectivity index (χ0n) is 46.1. The van der Waals surface area contributed by atoms with Gasteiger partial charge in [0.25, 0.3) is 0 Å². The Morgan fingerprint density at radius 1 is 0.750 bits per heavy atom. The molecule has 2 heterocycles. The number of hydrogen-bond acceptors (Lipinski definition) is 10. The van der Waals surface area contributed by atoms with E-state index in [1.165, 1.54) is 0 Å². The number of amides is 5. The second-order valence-corrected chi connectivity index (χ2v) is 25.1. The van der Waals surface area contributed by atoms with Crippen molar-refractivity contribution >= 4 is 64.8 Å². The summed E-state index contributed by atoms with van der Waals surface area (Å²) < 4.78 is 33.9. The molecule has 4 aromatic carbocycles. The minimum absolute atomic E-state index is 0.0103. The van der Waals surface area contributed by atoms with Crippen molar-refractivity contribution in [3.63, 3.8) is 0 Å². The number of nitrogens with zero attached hydrogens (tertiary/aromatic N) is 2. The van der Waals surface area contributed by atoms with Gasteiger partial charge in [0.1, 0.15) is 17.2 Å². The van der Waals surface area contributed by atoms with Crippen LogP contribution in [0.2, 0.25) is 0 Å². The van der Waals surface area contributed by atoms with Crippen LogP contribution in [0.25, 0.3) is 21.7 Å². The lowest BCUT2D eigenvalue weighted by molar-refractivity contribution is -0.157. The van der Waals surface area contributed by atoms with E-state index >= 15 is 0 Å². The number of rotatable bonds is 22. The first kappa shape index (κ1) is 58.9. The van der Waals surface area contributed by atoms with Crippen molar-refractivity contribution < 1.29 is 47.1 Å². The summed E-state index contributed by atoms with van der Waals surface area (Å²) in [5.74, 6) is -4.64. The van der Waals surface area contributed by atoms with Crippen LogP contribution >= 0.6 is 7.60 Å². The molecule has 2 atom stereocenters. The largest absolute Gasteiger partial charge is 0.460 e. The van der Waals surface area contributed by atoms with Gasteiger partial charge < -0.3 is 44.9 Å². The van der Waals surface area contributed by atoms with Crippen LogP contribution in [0.5, 0.6) is 0 Å². The third-order valence-electron chi connectivity index (χ3n) is 13.0. The quantitative estimate of drug-likeness (QED) is 0.0293. The van der Waals surface area contributed by atoms with Gasteiger partial charge in [-0.2, -0.15) is 0 Å². The molecule has 5 N–H and O–H groups in total. The van der Waals surface area contributed by atoms with E-state index in [0.29, 0.717) is 30.5 Å².